The van der Waals surface area contributed by atoms with E-state index in [1.807, 2.05) is 91.9 Å². The van der Waals surface area contributed by atoms with Crippen LogP contribution >= 0.6 is 0 Å². The van der Waals surface area contributed by atoms with Gasteiger partial charge < -0.3 is 14.8 Å². The minimum atomic E-state index is -1.09. The maximum Gasteiger partial charge on any atom is 0.337 e. The number of hydrogen-bond acceptors (Lipinski definition) is 4. The summed E-state index contributed by atoms with van der Waals surface area (Å²) in [6.45, 7) is 4.18. The molecule has 0 saturated carbocycles. The molecule has 2 atom stereocenters. The lowest BCUT2D eigenvalue weighted by molar-refractivity contribution is -0.149. The molecule has 3 rings (SSSR count). The van der Waals surface area contributed by atoms with Gasteiger partial charge in [-0.15, -0.1) is 0 Å². The molecule has 0 aliphatic heterocycles. The smallest absolute Gasteiger partial charge is 0.337 e. The summed E-state index contributed by atoms with van der Waals surface area (Å²) in [5.41, 5.74) is 1.62. The summed E-state index contributed by atoms with van der Waals surface area (Å²) < 4.78 is 10.9. The van der Waals surface area contributed by atoms with Gasteiger partial charge in [0.25, 0.3) is 0 Å². The van der Waals surface area contributed by atoms with Crippen molar-refractivity contribution in [3.8, 4) is 5.75 Å². The van der Waals surface area contributed by atoms with E-state index in [1.165, 1.54) is 0 Å². The predicted octanol–water partition coefficient (Wildman–Crippen LogP) is 5.37. The number of hydrogen-bond donors (Lipinski definition) is 1. The van der Waals surface area contributed by atoms with Crippen LogP contribution in [0.3, 0.4) is 0 Å². The van der Waals surface area contributed by atoms with Crippen molar-refractivity contribution in [3.63, 3.8) is 0 Å². The van der Waals surface area contributed by atoms with E-state index in [2.05, 4.69) is 12.2 Å². The maximum absolute atomic E-state index is 13.5. The molecule has 0 heterocycles. The number of esters is 1. The van der Waals surface area contributed by atoms with Gasteiger partial charge in [-0.3, -0.25) is 0 Å². The summed E-state index contributed by atoms with van der Waals surface area (Å²) in [7, 11) is 1.63. The number of benzene rings is 3. The van der Waals surface area contributed by atoms with Crippen LogP contribution in [0.2, 0.25) is 0 Å². The zero-order valence-electron chi connectivity index (χ0n) is 17.1. The topological polar surface area (TPSA) is 47.6 Å². The summed E-state index contributed by atoms with van der Waals surface area (Å²) >= 11 is 0. The molecule has 0 spiro atoms. The second kappa shape index (κ2) is 9.28. The molecule has 29 heavy (non-hydrogen) atoms. The van der Waals surface area contributed by atoms with E-state index < -0.39 is 5.54 Å². The first-order chi connectivity index (χ1) is 14.1. The number of carbonyl (C=O) groups excluding carboxylic acids is 1. The van der Waals surface area contributed by atoms with Crippen molar-refractivity contribution in [2.24, 2.45) is 0 Å². The van der Waals surface area contributed by atoms with E-state index in [1.54, 1.807) is 7.11 Å². The Morgan fingerprint density at radius 2 is 1.52 bits per heavy atom. The SMILES string of the molecule is CCOC(=O)C(Nc1ccc(OC)cc1)(c1ccccc1)C(C)c1ccccc1. The average molecular weight is 389 g/mol. The molecular weight excluding hydrogens is 362 g/mol. The van der Waals surface area contributed by atoms with Crippen LogP contribution < -0.4 is 10.1 Å². The molecule has 3 aromatic rings. The predicted molar refractivity (Wildman–Crippen MR) is 116 cm³/mol. The summed E-state index contributed by atoms with van der Waals surface area (Å²) in [6.07, 6.45) is 0. The van der Waals surface area contributed by atoms with Crippen LogP contribution in [-0.4, -0.2) is 19.7 Å². The maximum atomic E-state index is 13.5. The van der Waals surface area contributed by atoms with Crippen molar-refractivity contribution in [2.75, 3.05) is 19.0 Å². The van der Waals surface area contributed by atoms with Crippen molar-refractivity contribution < 1.29 is 14.3 Å². The normalized spacial score (nSPS) is 13.8. The van der Waals surface area contributed by atoms with Gasteiger partial charge in [0, 0.05) is 11.6 Å². The molecule has 2 unspecified atom stereocenters. The standard InChI is InChI=1S/C25H27NO3/c1-4-29-24(27)25(21-13-9-6-10-14-21,19(2)20-11-7-5-8-12-20)26-22-15-17-23(28-3)18-16-22/h5-19,26H,4H2,1-3H3. The molecule has 0 aromatic heterocycles. The van der Waals surface area contributed by atoms with Crippen LogP contribution in [0.25, 0.3) is 0 Å². The van der Waals surface area contributed by atoms with Gasteiger partial charge >= 0.3 is 5.97 Å². The van der Waals surface area contributed by atoms with E-state index in [0.717, 1.165) is 22.6 Å². The number of rotatable bonds is 8. The summed E-state index contributed by atoms with van der Waals surface area (Å²) in [6, 6.07) is 27.3. The molecule has 0 fully saturated rings. The second-order valence-electron chi connectivity index (χ2n) is 6.88. The Kier molecular flexibility index (Phi) is 6.55. The molecule has 0 aliphatic rings. The highest BCUT2D eigenvalue weighted by atomic mass is 16.5. The number of anilines is 1. The largest absolute Gasteiger partial charge is 0.497 e. The number of ether oxygens (including phenoxy) is 2. The highest BCUT2D eigenvalue weighted by molar-refractivity contribution is 5.88. The average Bonchev–Trinajstić information content (AvgIpc) is 2.78. The van der Waals surface area contributed by atoms with Gasteiger partial charge in [0.2, 0.25) is 0 Å². The minimum Gasteiger partial charge on any atom is -0.497 e. The van der Waals surface area contributed by atoms with Crippen molar-refractivity contribution in [1.82, 2.24) is 0 Å². The van der Waals surface area contributed by atoms with Gasteiger partial charge in [0.15, 0.2) is 5.54 Å². The molecule has 0 radical (unpaired) electrons. The number of carbonyl (C=O) groups is 1. The van der Waals surface area contributed by atoms with Crippen LogP contribution in [0.15, 0.2) is 84.9 Å². The monoisotopic (exact) mass is 389 g/mol. The Balaban J connectivity index is 2.16. The van der Waals surface area contributed by atoms with Crippen LogP contribution in [0.5, 0.6) is 5.75 Å². The Hall–Kier alpha value is -3.27. The Morgan fingerprint density at radius 3 is 2.07 bits per heavy atom. The fraction of sp³-hybridized carbons (Fsp3) is 0.240. The van der Waals surface area contributed by atoms with Crippen LogP contribution in [0.1, 0.15) is 30.9 Å². The lowest BCUT2D eigenvalue weighted by Gasteiger charge is -2.39. The molecule has 1 N–H and O–H groups in total. The Bertz CT molecular complexity index is 910. The van der Waals surface area contributed by atoms with Gasteiger partial charge in [-0.1, -0.05) is 67.6 Å². The molecule has 4 nitrogen and oxygen atoms in total. The lowest BCUT2D eigenvalue weighted by atomic mass is 9.75. The van der Waals surface area contributed by atoms with Crippen molar-refractivity contribution in [3.05, 3.63) is 96.1 Å². The molecule has 150 valence electrons. The van der Waals surface area contributed by atoms with E-state index in [9.17, 15) is 4.79 Å². The summed E-state index contributed by atoms with van der Waals surface area (Å²) in [4.78, 5) is 13.5. The van der Waals surface area contributed by atoms with Gasteiger partial charge in [0.1, 0.15) is 5.75 Å². The quantitative estimate of drug-likeness (QED) is 0.526. The van der Waals surface area contributed by atoms with Crippen LogP contribution in [-0.2, 0) is 15.1 Å². The summed E-state index contributed by atoms with van der Waals surface area (Å²) in [5, 5.41) is 3.51. The first-order valence-electron chi connectivity index (χ1n) is 9.81. The Morgan fingerprint density at radius 1 is 0.931 bits per heavy atom. The fourth-order valence-corrected chi connectivity index (χ4v) is 3.62. The molecule has 0 saturated heterocycles. The fourth-order valence-electron chi connectivity index (χ4n) is 3.62. The van der Waals surface area contributed by atoms with E-state index in [-0.39, 0.29) is 11.9 Å². The number of nitrogens with one attached hydrogen (secondary N) is 1. The van der Waals surface area contributed by atoms with Gasteiger partial charge in [-0.25, -0.2) is 4.79 Å². The summed E-state index contributed by atoms with van der Waals surface area (Å²) in [5.74, 6) is 0.263. The third-order valence-electron chi connectivity index (χ3n) is 5.21. The first kappa shape index (κ1) is 20.5. The van der Waals surface area contributed by atoms with E-state index >= 15 is 0 Å². The molecule has 4 heteroatoms. The van der Waals surface area contributed by atoms with Crippen molar-refractivity contribution in [2.45, 2.75) is 25.3 Å². The second-order valence-corrected chi connectivity index (χ2v) is 6.88. The van der Waals surface area contributed by atoms with Crippen molar-refractivity contribution >= 4 is 11.7 Å². The highest BCUT2D eigenvalue weighted by Crippen LogP contribution is 2.41. The minimum absolute atomic E-state index is 0.188. The van der Waals surface area contributed by atoms with Crippen molar-refractivity contribution in [1.29, 1.82) is 0 Å². The zero-order chi connectivity index (χ0) is 20.7. The van der Waals surface area contributed by atoms with Crippen LogP contribution in [0.4, 0.5) is 5.69 Å². The van der Waals surface area contributed by atoms with E-state index in [4.69, 9.17) is 9.47 Å². The molecule has 0 bridgehead atoms. The van der Waals surface area contributed by atoms with Gasteiger partial charge in [0.05, 0.1) is 13.7 Å². The zero-order valence-corrected chi connectivity index (χ0v) is 17.1. The Labute approximate surface area is 172 Å². The van der Waals surface area contributed by atoms with Gasteiger partial charge in [-0.05, 0) is 42.3 Å². The number of methoxy groups -OCH3 is 1. The third kappa shape index (κ3) is 4.27. The van der Waals surface area contributed by atoms with Crippen LogP contribution in [0, 0.1) is 0 Å². The molecule has 0 aliphatic carbocycles. The lowest BCUT2D eigenvalue weighted by Crippen LogP contribution is -2.49. The molecular formula is C25H27NO3. The first-order valence-corrected chi connectivity index (χ1v) is 9.81. The highest BCUT2D eigenvalue weighted by Gasteiger charge is 2.47. The molecule has 0 amide bonds. The van der Waals surface area contributed by atoms with E-state index in [0.29, 0.717) is 6.61 Å². The van der Waals surface area contributed by atoms with Gasteiger partial charge in [-0.2, -0.15) is 0 Å². The molecule has 3 aromatic carbocycles. The third-order valence-corrected chi connectivity index (χ3v) is 5.21.